The smallest absolute Gasteiger partial charge is 0.262 e. The van der Waals surface area contributed by atoms with Crippen LogP contribution in [-0.2, 0) is 11.3 Å². The second kappa shape index (κ2) is 9.75. The van der Waals surface area contributed by atoms with Gasteiger partial charge in [-0.25, -0.2) is 0 Å². The maximum absolute atomic E-state index is 12.1. The quantitative estimate of drug-likeness (QED) is 0.382. The standard InChI is InChI=1S/C21H18BrIN2O2/c22-16-5-9-19(10-6-16)25-21(26)14-27-20-4-2-1-3-15(20)13-24-18-11-7-17(23)8-12-18/h1-12,24H,13-14H2,(H,25,26). The molecule has 27 heavy (non-hydrogen) atoms. The highest BCUT2D eigenvalue weighted by Gasteiger charge is 2.07. The molecule has 3 rings (SSSR count). The van der Waals surface area contributed by atoms with Crippen LogP contribution in [0.3, 0.4) is 0 Å². The molecular formula is C21H18BrIN2O2. The topological polar surface area (TPSA) is 50.4 Å². The third-order valence-corrected chi connectivity index (χ3v) is 5.03. The van der Waals surface area contributed by atoms with Crippen LogP contribution in [0.25, 0.3) is 0 Å². The summed E-state index contributed by atoms with van der Waals surface area (Å²) >= 11 is 5.65. The van der Waals surface area contributed by atoms with Crippen molar-refractivity contribution >= 4 is 55.8 Å². The average molecular weight is 537 g/mol. The van der Waals surface area contributed by atoms with Gasteiger partial charge in [0.15, 0.2) is 6.61 Å². The summed E-state index contributed by atoms with van der Waals surface area (Å²) in [4.78, 5) is 12.1. The van der Waals surface area contributed by atoms with Crippen LogP contribution in [0.5, 0.6) is 5.75 Å². The van der Waals surface area contributed by atoms with Gasteiger partial charge in [-0.3, -0.25) is 4.79 Å². The van der Waals surface area contributed by atoms with Crippen LogP contribution in [0, 0.1) is 3.57 Å². The Morgan fingerprint density at radius 2 is 1.59 bits per heavy atom. The average Bonchev–Trinajstić information content (AvgIpc) is 2.68. The van der Waals surface area contributed by atoms with Gasteiger partial charge in [-0.05, 0) is 77.2 Å². The fourth-order valence-corrected chi connectivity index (χ4v) is 3.05. The Labute approximate surface area is 180 Å². The fourth-order valence-electron chi connectivity index (χ4n) is 2.43. The number of para-hydroxylation sites is 1. The van der Waals surface area contributed by atoms with Gasteiger partial charge in [0.25, 0.3) is 5.91 Å². The lowest BCUT2D eigenvalue weighted by molar-refractivity contribution is -0.118. The third-order valence-electron chi connectivity index (χ3n) is 3.79. The van der Waals surface area contributed by atoms with Gasteiger partial charge in [0.2, 0.25) is 0 Å². The Morgan fingerprint density at radius 1 is 0.926 bits per heavy atom. The zero-order valence-electron chi connectivity index (χ0n) is 14.4. The van der Waals surface area contributed by atoms with Crippen molar-refractivity contribution in [2.45, 2.75) is 6.54 Å². The van der Waals surface area contributed by atoms with Crippen LogP contribution in [0.15, 0.2) is 77.3 Å². The van der Waals surface area contributed by atoms with Crippen molar-refractivity contribution in [1.82, 2.24) is 0 Å². The molecule has 0 aliphatic carbocycles. The predicted molar refractivity (Wildman–Crippen MR) is 121 cm³/mol. The number of rotatable bonds is 7. The number of hydrogen-bond donors (Lipinski definition) is 2. The first-order chi connectivity index (χ1) is 13.1. The number of benzene rings is 3. The Morgan fingerprint density at radius 3 is 2.33 bits per heavy atom. The molecule has 0 bridgehead atoms. The highest BCUT2D eigenvalue weighted by molar-refractivity contribution is 14.1. The van der Waals surface area contributed by atoms with Gasteiger partial charge in [-0.15, -0.1) is 0 Å². The van der Waals surface area contributed by atoms with Gasteiger partial charge in [0.1, 0.15) is 5.75 Å². The van der Waals surface area contributed by atoms with E-state index in [0.717, 1.165) is 21.4 Å². The number of nitrogens with one attached hydrogen (secondary N) is 2. The summed E-state index contributed by atoms with van der Waals surface area (Å²) in [5, 5.41) is 6.19. The van der Waals surface area contributed by atoms with E-state index in [1.54, 1.807) is 0 Å². The summed E-state index contributed by atoms with van der Waals surface area (Å²) in [6.07, 6.45) is 0. The molecule has 0 spiro atoms. The molecule has 0 atom stereocenters. The molecule has 138 valence electrons. The summed E-state index contributed by atoms with van der Waals surface area (Å²) in [6, 6.07) is 23.3. The van der Waals surface area contributed by atoms with Crippen molar-refractivity contribution in [1.29, 1.82) is 0 Å². The monoisotopic (exact) mass is 536 g/mol. The predicted octanol–water partition coefficient (Wildman–Crippen LogP) is 5.68. The Balaban J connectivity index is 1.56. The summed E-state index contributed by atoms with van der Waals surface area (Å²) in [5.74, 6) is 0.499. The molecular weight excluding hydrogens is 519 g/mol. The first-order valence-electron chi connectivity index (χ1n) is 8.36. The molecule has 2 N–H and O–H groups in total. The van der Waals surface area contributed by atoms with Crippen molar-refractivity contribution in [3.8, 4) is 5.75 Å². The van der Waals surface area contributed by atoms with Crippen LogP contribution in [-0.4, -0.2) is 12.5 Å². The van der Waals surface area contributed by atoms with Gasteiger partial charge in [0.05, 0.1) is 0 Å². The largest absolute Gasteiger partial charge is 0.483 e. The van der Waals surface area contributed by atoms with Crippen LogP contribution in [0.4, 0.5) is 11.4 Å². The summed E-state index contributed by atoms with van der Waals surface area (Å²) < 4.78 is 7.90. The second-order valence-electron chi connectivity index (χ2n) is 5.81. The molecule has 3 aromatic rings. The van der Waals surface area contributed by atoms with Crippen LogP contribution >= 0.6 is 38.5 Å². The van der Waals surface area contributed by atoms with E-state index in [-0.39, 0.29) is 12.5 Å². The molecule has 1 amide bonds. The van der Waals surface area contributed by atoms with E-state index in [0.29, 0.717) is 12.3 Å². The van der Waals surface area contributed by atoms with Gasteiger partial charge < -0.3 is 15.4 Å². The van der Waals surface area contributed by atoms with E-state index >= 15 is 0 Å². The minimum atomic E-state index is -0.197. The lowest BCUT2D eigenvalue weighted by atomic mass is 10.2. The molecule has 3 aromatic carbocycles. The SMILES string of the molecule is O=C(COc1ccccc1CNc1ccc(I)cc1)Nc1ccc(Br)cc1. The second-order valence-corrected chi connectivity index (χ2v) is 7.97. The van der Waals surface area contributed by atoms with Crippen molar-refractivity contribution in [3.63, 3.8) is 0 Å². The maximum Gasteiger partial charge on any atom is 0.262 e. The Kier molecular flexibility index (Phi) is 7.11. The first kappa shape index (κ1) is 19.7. The van der Waals surface area contributed by atoms with Crippen LogP contribution in [0.1, 0.15) is 5.56 Å². The van der Waals surface area contributed by atoms with E-state index in [4.69, 9.17) is 4.74 Å². The number of amides is 1. The van der Waals surface area contributed by atoms with Crippen molar-refractivity contribution in [2.75, 3.05) is 17.2 Å². The molecule has 0 fully saturated rings. The van der Waals surface area contributed by atoms with Crippen molar-refractivity contribution in [3.05, 3.63) is 86.4 Å². The molecule has 0 radical (unpaired) electrons. The van der Waals surface area contributed by atoms with Crippen LogP contribution < -0.4 is 15.4 Å². The zero-order valence-corrected chi connectivity index (χ0v) is 18.2. The molecule has 6 heteroatoms. The van der Waals surface area contributed by atoms with Gasteiger partial charge >= 0.3 is 0 Å². The number of carbonyl (C=O) groups is 1. The van der Waals surface area contributed by atoms with E-state index in [2.05, 4.69) is 61.3 Å². The fraction of sp³-hybridized carbons (Fsp3) is 0.0952. The van der Waals surface area contributed by atoms with Crippen molar-refractivity contribution in [2.24, 2.45) is 0 Å². The molecule has 0 saturated heterocycles. The maximum atomic E-state index is 12.1. The minimum Gasteiger partial charge on any atom is -0.483 e. The molecule has 0 aromatic heterocycles. The number of halogens is 2. The minimum absolute atomic E-state index is 0.0450. The molecule has 0 saturated carbocycles. The summed E-state index contributed by atoms with van der Waals surface area (Å²) in [5.41, 5.74) is 2.77. The first-order valence-corrected chi connectivity index (χ1v) is 10.2. The van der Waals surface area contributed by atoms with Crippen LogP contribution in [0.2, 0.25) is 0 Å². The zero-order chi connectivity index (χ0) is 19.1. The molecule has 4 nitrogen and oxygen atoms in total. The molecule has 0 aliphatic rings. The van der Waals surface area contributed by atoms with Gasteiger partial charge in [0, 0.05) is 31.5 Å². The number of anilines is 2. The van der Waals surface area contributed by atoms with Gasteiger partial charge in [-0.1, -0.05) is 34.1 Å². The third kappa shape index (κ3) is 6.25. The number of hydrogen-bond acceptors (Lipinski definition) is 3. The molecule has 0 aliphatic heterocycles. The van der Waals surface area contributed by atoms with E-state index in [9.17, 15) is 4.79 Å². The highest BCUT2D eigenvalue weighted by atomic mass is 127. The van der Waals surface area contributed by atoms with Gasteiger partial charge in [-0.2, -0.15) is 0 Å². The summed E-state index contributed by atoms with van der Waals surface area (Å²) in [7, 11) is 0. The number of carbonyl (C=O) groups excluding carboxylic acids is 1. The summed E-state index contributed by atoms with van der Waals surface area (Å²) in [6.45, 7) is 0.571. The highest BCUT2D eigenvalue weighted by Crippen LogP contribution is 2.20. The van der Waals surface area contributed by atoms with Crippen molar-refractivity contribution < 1.29 is 9.53 Å². The lowest BCUT2D eigenvalue weighted by Gasteiger charge is -2.13. The lowest BCUT2D eigenvalue weighted by Crippen LogP contribution is -2.20. The molecule has 0 heterocycles. The Hall–Kier alpha value is -2.06. The van der Waals surface area contributed by atoms with E-state index in [1.165, 1.54) is 3.57 Å². The van der Waals surface area contributed by atoms with E-state index in [1.807, 2.05) is 60.7 Å². The van der Waals surface area contributed by atoms with E-state index < -0.39 is 0 Å². The Bertz CT molecular complexity index is 899. The number of ether oxygens (including phenoxy) is 1. The normalized spacial score (nSPS) is 10.3. The molecule has 0 unspecified atom stereocenters.